The monoisotopic (exact) mass is 458 g/mol. The molecule has 0 radical (unpaired) electrons. The van der Waals surface area contributed by atoms with Crippen molar-refractivity contribution in [2.75, 3.05) is 31.6 Å². The van der Waals surface area contributed by atoms with Crippen molar-refractivity contribution in [2.24, 2.45) is 5.92 Å². The van der Waals surface area contributed by atoms with Crippen LogP contribution in [0.15, 0.2) is 84.9 Å². The van der Waals surface area contributed by atoms with Gasteiger partial charge in [-0.2, -0.15) is 0 Å². The standard InChI is InChI=1S/C28H30N2O4/c31-27(23-9-3-1-4-10-23)24-14-16-30(17-15-24)28(32)29-25-11-7-8-22(20-25)21-33-18-19-34-26-12-5-2-6-13-26/h1-13,20,24H,14-19,21H2,(H,29,32). The van der Waals surface area contributed by atoms with Gasteiger partial charge in [-0.25, -0.2) is 4.79 Å². The Kier molecular flexibility index (Phi) is 8.30. The lowest BCUT2D eigenvalue weighted by molar-refractivity contribution is 0.0859. The molecular weight excluding hydrogens is 428 g/mol. The van der Waals surface area contributed by atoms with Crippen molar-refractivity contribution < 1.29 is 19.1 Å². The fraction of sp³-hybridized carbons (Fsp3) is 0.286. The second kappa shape index (κ2) is 12.0. The second-order valence-corrected chi connectivity index (χ2v) is 8.34. The number of para-hydroxylation sites is 1. The number of hydrogen-bond acceptors (Lipinski definition) is 4. The summed E-state index contributed by atoms with van der Waals surface area (Å²) in [5, 5.41) is 2.97. The van der Waals surface area contributed by atoms with Crippen LogP contribution in [0.25, 0.3) is 0 Å². The average molecular weight is 459 g/mol. The average Bonchev–Trinajstić information content (AvgIpc) is 2.89. The zero-order valence-electron chi connectivity index (χ0n) is 19.2. The number of Topliss-reactive ketones (excluding diaryl/α,β-unsaturated/α-hetero) is 1. The van der Waals surface area contributed by atoms with Crippen molar-refractivity contribution in [1.82, 2.24) is 4.90 Å². The number of nitrogens with zero attached hydrogens (tertiary/aromatic N) is 1. The van der Waals surface area contributed by atoms with Gasteiger partial charge in [-0.05, 0) is 42.7 Å². The number of carbonyl (C=O) groups excluding carboxylic acids is 2. The zero-order chi connectivity index (χ0) is 23.6. The molecule has 0 unspecified atom stereocenters. The van der Waals surface area contributed by atoms with Gasteiger partial charge in [-0.15, -0.1) is 0 Å². The van der Waals surface area contributed by atoms with Crippen LogP contribution in [0, 0.1) is 5.92 Å². The van der Waals surface area contributed by atoms with Gasteiger partial charge in [0.1, 0.15) is 12.4 Å². The number of piperidine rings is 1. The van der Waals surface area contributed by atoms with E-state index in [-0.39, 0.29) is 17.7 Å². The molecule has 0 saturated carbocycles. The predicted octanol–water partition coefficient (Wildman–Crippen LogP) is 5.41. The van der Waals surface area contributed by atoms with Gasteiger partial charge in [-0.1, -0.05) is 60.7 Å². The Labute approximate surface area is 200 Å². The number of nitrogens with one attached hydrogen (secondary N) is 1. The number of hydrogen-bond donors (Lipinski definition) is 1. The Morgan fingerprint density at radius 3 is 2.29 bits per heavy atom. The molecule has 6 heteroatoms. The quantitative estimate of drug-likeness (QED) is 0.344. The van der Waals surface area contributed by atoms with Crippen molar-refractivity contribution in [3.63, 3.8) is 0 Å². The van der Waals surface area contributed by atoms with Crippen molar-refractivity contribution >= 4 is 17.5 Å². The van der Waals surface area contributed by atoms with Crippen molar-refractivity contribution in [2.45, 2.75) is 19.4 Å². The van der Waals surface area contributed by atoms with E-state index in [1.165, 1.54) is 0 Å². The summed E-state index contributed by atoms with van der Waals surface area (Å²) in [4.78, 5) is 27.2. The van der Waals surface area contributed by atoms with Crippen LogP contribution in [0.3, 0.4) is 0 Å². The summed E-state index contributed by atoms with van der Waals surface area (Å²) in [6.07, 6.45) is 1.36. The highest BCUT2D eigenvalue weighted by Crippen LogP contribution is 2.22. The van der Waals surface area contributed by atoms with Crippen molar-refractivity contribution in [1.29, 1.82) is 0 Å². The number of ketones is 1. The maximum atomic E-state index is 12.7. The summed E-state index contributed by atoms with van der Waals surface area (Å²) in [6.45, 7) is 2.53. The van der Waals surface area contributed by atoms with Gasteiger partial charge >= 0.3 is 6.03 Å². The van der Waals surface area contributed by atoms with Crippen molar-refractivity contribution in [3.8, 4) is 5.75 Å². The van der Waals surface area contributed by atoms with Crippen LogP contribution in [0.1, 0.15) is 28.8 Å². The van der Waals surface area contributed by atoms with E-state index in [2.05, 4.69) is 5.32 Å². The first-order chi connectivity index (χ1) is 16.7. The van der Waals surface area contributed by atoms with Gasteiger partial charge in [0.25, 0.3) is 0 Å². The molecule has 1 aliphatic rings. The lowest BCUT2D eigenvalue weighted by Crippen LogP contribution is -2.42. The molecule has 6 nitrogen and oxygen atoms in total. The van der Waals surface area contributed by atoms with Crippen LogP contribution in [-0.4, -0.2) is 43.0 Å². The molecular formula is C28H30N2O4. The summed E-state index contributed by atoms with van der Waals surface area (Å²) >= 11 is 0. The van der Waals surface area contributed by atoms with Crippen LogP contribution in [0.4, 0.5) is 10.5 Å². The smallest absolute Gasteiger partial charge is 0.321 e. The number of ether oxygens (including phenoxy) is 2. The van der Waals surface area contributed by atoms with Crippen molar-refractivity contribution in [3.05, 3.63) is 96.1 Å². The lowest BCUT2D eigenvalue weighted by Gasteiger charge is -2.31. The topological polar surface area (TPSA) is 67.9 Å². The summed E-state index contributed by atoms with van der Waals surface area (Å²) in [5.74, 6) is 0.963. The minimum absolute atomic E-state index is 0.0298. The Bertz CT molecular complexity index is 1060. The highest BCUT2D eigenvalue weighted by Gasteiger charge is 2.27. The van der Waals surface area contributed by atoms with E-state index in [1.54, 1.807) is 4.90 Å². The maximum absolute atomic E-state index is 12.7. The predicted molar refractivity (Wildman–Crippen MR) is 132 cm³/mol. The molecule has 34 heavy (non-hydrogen) atoms. The molecule has 0 bridgehead atoms. The maximum Gasteiger partial charge on any atom is 0.321 e. The number of urea groups is 1. The number of rotatable bonds is 9. The third-order valence-electron chi connectivity index (χ3n) is 5.90. The van der Waals surface area contributed by atoms with Crippen LogP contribution < -0.4 is 10.1 Å². The SMILES string of the molecule is O=C(c1ccccc1)C1CCN(C(=O)Nc2cccc(COCCOc3ccccc3)c2)CC1. The van der Waals surface area contributed by atoms with Gasteiger partial charge in [0.15, 0.2) is 5.78 Å². The van der Waals surface area contributed by atoms with Gasteiger partial charge < -0.3 is 19.7 Å². The third kappa shape index (κ3) is 6.68. The van der Waals surface area contributed by atoms with Gasteiger partial charge in [0, 0.05) is 30.3 Å². The molecule has 1 fully saturated rings. The molecule has 0 aromatic heterocycles. The van der Waals surface area contributed by atoms with Crippen LogP contribution in [0.5, 0.6) is 5.75 Å². The second-order valence-electron chi connectivity index (χ2n) is 8.34. The third-order valence-corrected chi connectivity index (χ3v) is 5.90. The summed E-state index contributed by atoms with van der Waals surface area (Å²) in [5.41, 5.74) is 2.45. The molecule has 1 N–H and O–H groups in total. The number of carbonyl (C=O) groups is 2. The minimum atomic E-state index is -0.139. The molecule has 2 amide bonds. The van der Waals surface area contributed by atoms with E-state index in [0.29, 0.717) is 45.8 Å². The van der Waals surface area contributed by atoms with Gasteiger partial charge in [0.2, 0.25) is 0 Å². The Hall–Kier alpha value is -3.64. The minimum Gasteiger partial charge on any atom is -0.491 e. The summed E-state index contributed by atoms with van der Waals surface area (Å²) < 4.78 is 11.3. The van der Waals surface area contributed by atoms with E-state index < -0.39 is 0 Å². The molecule has 4 rings (SSSR count). The first-order valence-corrected chi connectivity index (χ1v) is 11.7. The molecule has 0 spiro atoms. The Morgan fingerprint density at radius 1 is 0.853 bits per heavy atom. The van der Waals surface area contributed by atoms with E-state index in [1.807, 2.05) is 84.9 Å². The molecule has 0 atom stereocenters. The number of amides is 2. The first-order valence-electron chi connectivity index (χ1n) is 11.7. The van der Waals surface area contributed by atoms with E-state index in [0.717, 1.165) is 22.6 Å². The highest BCUT2D eigenvalue weighted by atomic mass is 16.5. The number of anilines is 1. The molecule has 3 aromatic rings. The number of benzene rings is 3. The first kappa shape index (κ1) is 23.5. The molecule has 1 aliphatic heterocycles. The van der Waals surface area contributed by atoms with E-state index in [4.69, 9.17) is 9.47 Å². The fourth-order valence-electron chi connectivity index (χ4n) is 4.05. The largest absolute Gasteiger partial charge is 0.491 e. The summed E-state index contributed by atoms with van der Waals surface area (Å²) in [6, 6.07) is 26.5. The molecule has 0 aliphatic carbocycles. The lowest BCUT2D eigenvalue weighted by atomic mass is 9.89. The Morgan fingerprint density at radius 2 is 1.56 bits per heavy atom. The normalized spacial score (nSPS) is 13.9. The van der Waals surface area contributed by atoms with Gasteiger partial charge in [0.05, 0.1) is 13.2 Å². The molecule has 176 valence electrons. The van der Waals surface area contributed by atoms with Crippen LogP contribution in [0.2, 0.25) is 0 Å². The van der Waals surface area contributed by atoms with E-state index in [9.17, 15) is 9.59 Å². The molecule has 1 heterocycles. The molecule has 3 aromatic carbocycles. The van der Waals surface area contributed by atoms with Gasteiger partial charge in [-0.3, -0.25) is 4.79 Å². The number of likely N-dealkylation sites (tertiary alicyclic amines) is 1. The molecule has 1 saturated heterocycles. The fourth-order valence-corrected chi connectivity index (χ4v) is 4.05. The zero-order valence-corrected chi connectivity index (χ0v) is 19.2. The highest BCUT2D eigenvalue weighted by molar-refractivity contribution is 5.98. The van der Waals surface area contributed by atoms with E-state index >= 15 is 0 Å². The van der Waals surface area contributed by atoms with Crippen LogP contribution >= 0.6 is 0 Å². The summed E-state index contributed by atoms with van der Waals surface area (Å²) in [7, 11) is 0. The van der Waals surface area contributed by atoms with Crippen LogP contribution in [-0.2, 0) is 11.3 Å². The Balaban J connectivity index is 1.19.